The van der Waals surface area contributed by atoms with E-state index in [4.69, 9.17) is 42.1 Å². The summed E-state index contributed by atoms with van der Waals surface area (Å²) >= 11 is -1.74. The van der Waals surface area contributed by atoms with Gasteiger partial charge in [-0.25, -0.2) is 0 Å². The molecule has 5 heterocycles. The second-order valence-electron chi connectivity index (χ2n) is 12.7. The molecule has 5 saturated heterocycles. The van der Waals surface area contributed by atoms with Crippen molar-refractivity contribution in [3.63, 3.8) is 0 Å². The van der Waals surface area contributed by atoms with Crippen molar-refractivity contribution in [1.29, 1.82) is 0 Å². The SMILES string of the molecule is CC1(C)O[C@@H]2[C@@H]([C@H]3COC(C)(C)O3)[Se+](C[C@@H]3OC(c4ccccc4)O[C@H]([C@H]4COC(C)(C)O4)[C@@H]3OS(=O)(=O)[O-])C[C@@H]2O1. The Bertz CT molecular complexity index is 1230. The zero-order chi connectivity index (χ0) is 30.1. The van der Waals surface area contributed by atoms with Crippen LogP contribution >= 0.6 is 0 Å². The van der Waals surface area contributed by atoms with Crippen molar-refractivity contribution >= 4 is 24.3 Å². The van der Waals surface area contributed by atoms with Gasteiger partial charge in [0, 0.05) is 0 Å². The zero-order valence-electron chi connectivity index (χ0n) is 24.6. The minimum absolute atomic E-state index is 0.0203. The fourth-order valence-corrected chi connectivity index (χ4v) is 13.6. The Morgan fingerprint density at radius 2 is 1.45 bits per heavy atom. The van der Waals surface area contributed by atoms with Crippen LogP contribution in [0.4, 0.5) is 0 Å². The number of hydrogen-bond acceptors (Lipinski definition) is 12. The van der Waals surface area contributed by atoms with Crippen LogP contribution in [0.1, 0.15) is 53.4 Å². The predicted molar refractivity (Wildman–Crippen MR) is 146 cm³/mol. The molecule has 5 aliphatic heterocycles. The standard InChI is InChI=1S/C28H40O12SSe/c1-26(2)32-12-17(36-26)21-22(40-41(29,30)31)19(34-25(35-21)16-10-8-7-9-11-16)14-42-15-20-23(39-28(5,6)38-20)24(42)18-13-33-27(3,4)37-18/h7-11,17-25H,12-15H2,1-6H3/t17-,18-,19+,20+,21-,22-,23+,24-,25?,42?/m1/s1. The Kier molecular flexibility index (Phi) is 8.39. The zero-order valence-corrected chi connectivity index (χ0v) is 27.2. The van der Waals surface area contributed by atoms with Gasteiger partial charge in [-0.15, -0.1) is 0 Å². The number of ether oxygens (including phenoxy) is 8. The fraction of sp³-hybridized carbons (Fsp3) is 0.786. The molecule has 236 valence electrons. The number of fused-ring (bicyclic) bond motifs is 1. The molecule has 12 nitrogen and oxygen atoms in total. The topological polar surface area (TPSA) is 140 Å². The maximum absolute atomic E-state index is 12.1. The Labute approximate surface area is 251 Å². The van der Waals surface area contributed by atoms with Crippen molar-refractivity contribution in [2.24, 2.45) is 0 Å². The molecule has 0 spiro atoms. The average Bonchev–Trinajstić information content (AvgIpc) is 3.59. The van der Waals surface area contributed by atoms with Gasteiger partial charge in [-0.2, -0.15) is 0 Å². The fourth-order valence-electron chi connectivity index (χ4n) is 6.51. The molecule has 0 saturated carbocycles. The van der Waals surface area contributed by atoms with Gasteiger partial charge in [0.1, 0.15) is 0 Å². The van der Waals surface area contributed by atoms with Crippen molar-refractivity contribution in [1.82, 2.24) is 0 Å². The van der Waals surface area contributed by atoms with Crippen LogP contribution in [0.15, 0.2) is 30.3 Å². The van der Waals surface area contributed by atoms with Gasteiger partial charge in [0.15, 0.2) is 0 Å². The van der Waals surface area contributed by atoms with E-state index in [0.29, 0.717) is 11.9 Å². The van der Waals surface area contributed by atoms with E-state index in [1.54, 1.807) is 13.8 Å². The number of hydrogen-bond donors (Lipinski definition) is 0. The quantitative estimate of drug-likeness (QED) is 0.238. The Morgan fingerprint density at radius 3 is 2.05 bits per heavy atom. The van der Waals surface area contributed by atoms with E-state index in [1.807, 2.05) is 58.0 Å². The first-order valence-corrected chi connectivity index (χ1v) is 19.0. The molecule has 0 amide bonds. The van der Waals surface area contributed by atoms with Crippen LogP contribution in [0.25, 0.3) is 0 Å². The second-order valence-corrected chi connectivity index (χ2v) is 18.5. The van der Waals surface area contributed by atoms with Crippen molar-refractivity contribution in [3.05, 3.63) is 35.9 Å². The molecule has 5 fully saturated rings. The molecule has 14 heteroatoms. The van der Waals surface area contributed by atoms with Gasteiger partial charge in [-0.3, -0.25) is 0 Å². The van der Waals surface area contributed by atoms with Crippen LogP contribution in [0, 0.1) is 0 Å². The van der Waals surface area contributed by atoms with E-state index in [0.717, 1.165) is 10.9 Å². The van der Waals surface area contributed by atoms with Crippen LogP contribution in [-0.4, -0.2) is 100 Å². The monoisotopic (exact) mass is 680 g/mol. The third-order valence-corrected chi connectivity index (χ3v) is 14.5. The Balaban J connectivity index is 1.33. The summed E-state index contributed by atoms with van der Waals surface area (Å²) < 4.78 is 91.1. The van der Waals surface area contributed by atoms with Crippen LogP contribution in [0.2, 0.25) is 15.5 Å². The van der Waals surface area contributed by atoms with Crippen molar-refractivity contribution in [3.8, 4) is 0 Å². The van der Waals surface area contributed by atoms with E-state index in [-0.39, 0.29) is 29.7 Å². The molecule has 0 radical (unpaired) electrons. The van der Waals surface area contributed by atoms with Gasteiger partial charge in [0.25, 0.3) is 0 Å². The molecular formula is C28H40O12SSe. The molecule has 1 aromatic carbocycles. The molecule has 5 aliphatic rings. The van der Waals surface area contributed by atoms with E-state index in [1.165, 1.54) is 0 Å². The molecule has 1 aromatic rings. The summed E-state index contributed by atoms with van der Waals surface area (Å²) in [5.74, 6) is -2.38. The third-order valence-electron chi connectivity index (χ3n) is 8.05. The molecule has 0 bridgehead atoms. The van der Waals surface area contributed by atoms with Gasteiger partial charge in [0.05, 0.1) is 0 Å². The predicted octanol–water partition coefficient (Wildman–Crippen LogP) is 3.02. The summed E-state index contributed by atoms with van der Waals surface area (Å²) in [7, 11) is -5.13. The molecule has 10 atom stereocenters. The summed E-state index contributed by atoms with van der Waals surface area (Å²) in [5, 5.41) is 1.19. The van der Waals surface area contributed by atoms with Gasteiger partial charge in [-0.1, -0.05) is 0 Å². The first-order valence-electron chi connectivity index (χ1n) is 14.2. The Hall–Kier alpha value is -0.711. The van der Waals surface area contributed by atoms with Crippen molar-refractivity contribution in [2.45, 2.75) is 123 Å². The van der Waals surface area contributed by atoms with Crippen molar-refractivity contribution in [2.75, 3.05) is 13.2 Å². The normalized spacial score (nSPS) is 42.5. The molecule has 0 N–H and O–H groups in total. The first kappa shape index (κ1) is 31.3. The molecule has 6 rings (SSSR count). The minimum atomic E-state index is -5.13. The summed E-state index contributed by atoms with van der Waals surface area (Å²) in [6, 6.07) is 9.36. The molecular weight excluding hydrogens is 639 g/mol. The average molecular weight is 680 g/mol. The molecule has 2 unspecified atom stereocenters. The van der Waals surface area contributed by atoms with Crippen LogP contribution in [-0.2, 0) is 52.5 Å². The molecule has 0 aliphatic carbocycles. The third kappa shape index (κ3) is 6.76. The van der Waals surface area contributed by atoms with Crippen LogP contribution in [0.3, 0.4) is 0 Å². The maximum atomic E-state index is 12.1. The van der Waals surface area contributed by atoms with Gasteiger partial charge >= 0.3 is 252 Å². The summed E-state index contributed by atoms with van der Waals surface area (Å²) in [6.07, 6.45) is -5.13. The first-order chi connectivity index (χ1) is 19.6. The number of rotatable bonds is 7. The number of benzene rings is 1. The summed E-state index contributed by atoms with van der Waals surface area (Å²) in [4.78, 5) is -0.0203. The van der Waals surface area contributed by atoms with E-state index in [2.05, 4.69) is 0 Å². The summed E-state index contributed by atoms with van der Waals surface area (Å²) in [6.45, 7) is 11.6. The van der Waals surface area contributed by atoms with Gasteiger partial charge in [-0.05, 0) is 0 Å². The van der Waals surface area contributed by atoms with E-state index < -0.39 is 72.4 Å². The van der Waals surface area contributed by atoms with Crippen molar-refractivity contribution < 1.29 is 55.0 Å². The van der Waals surface area contributed by atoms with Crippen LogP contribution < -0.4 is 0 Å². The van der Waals surface area contributed by atoms with Gasteiger partial charge < -0.3 is 0 Å². The summed E-state index contributed by atoms with van der Waals surface area (Å²) in [5.41, 5.74) is 0.747. The van der Waals surface area contributed by atoms with Gasteiger partial charge in [0.2, 0.25) is 0 Å². The second kappa shape index (κ2) is 11.3. The molecule has 0 aromatic heterocycles. The van der Waals surface area contributed by atoms with E-state index >= 15 is 0 Å². The molecule has 42 heavy (non-hydrogen) atoms. The Morgan fingerprint density at radius 1 is 0.833 bits per heavy atom. The van der Waals surface area contributed by atoms with E-state index in [9.17, 15) is 13.0 Å². The van der Waals surface area contributed by atoms with Crippen LogP contribution in [0.5, 0.6) is 0 Å².